The summed E-state index contributed by atoms with van der Waals surface area (Å²) in [7, 11) is 5.81. The standard InChI is InChI=1S/C45H54N8O10/c1-22-12-34(52(18-22)43(55)38(24(3)61-6)51-45(58)62-7)40-46-17-33(48-40)27-8-10-29-28(14-27)21-63-36-16-30-26(15-31(29)36)9-11-32-39(30)49-41(47-32)35-13-25(20-59-4)19-53(35)42(54)37(23(2)60-5)50-44(56)57/h8-11,14-17,22-25,34-35,37-38,50H,12-13,18-21H2,1-7H3,(H,46,48)(H,47,49)(H,51,58)(H,56,57)/t22-,23+,24?,25-,34-,35-,37-,38-/m0/s1. The van der Waals surface area contributed by atoms with E-state index in [0.717, 1.165) is 55.5 Å². The van der Waals surface area contributed by atoms with E-state index in [0.29, 0.717) is 50.8 Å². The molecule has 0 aliphatic carbocycles. The van der Waals surface area contributed by atoms with Gasteiger partial charge in [-0.15, -0.1) is 0 Å². The van der Waals surface area contributed by atoms with Crippen molar-refractivity contribution in [2.24, 2.45) is 11.8 Å². The second-order valence-electron chi connectivity index (χ2n) is 16.8. The van der Waals surface area contributed by atoms with Gasteiger partial charge in [-0.05, 0) is 78.9 Å². The highest BCUT2D eigenvalue weighted by Crippen LogP contribution is 2.44. The van der Waals surface area contributed by atoms with Crippen molar-refractivity contribution in [1.82, 2.24) is 40.4 Å². The lowest BCUT2D eigenvalue weighted by Gasteiger charge is -2.30. The molecule has 3 aliphatic heterocycles. The first kappa shape index (κ1) is 43.4. The minimum Gasteiger partial charge on any atom is -0.488 e. The lowest BCUT2D eigenvalue weighted by molar-refractivity contribution is -0.138. The second kappa shape index (κ2) is 17.9. The lowest BCUT2D eigenvalue weighted by Crippen LogP contribution is -2.54. The van der Waals surface area contributed by atoms with E-state index in [1.54, 1.807) is 37.0 Å². The first-order valence-corrected chi connectivity index (χ1v) is 21.1. The molecule has 1 unspecified atom stereocenters. The number of imidazole rings is 2. The van der Waals surface area contributed by atoms with Crippen molar-refractivity contribution >= 4 is 45.8 Å². The average molecular weight is 867 g/mol. The summed E-state index contributed by atoms with van der Waals surface area (Å²) in [5, 5.41) is 16.4. The number of amides is 4. The summed E-state index contributed by atoms with van der Waals surface area (Å²) in [5.41, 5.74) is 6.25. The SMILES string of the molecule is COC[C@H]1C[C@@H](c2nc3c(ccc4cc5c(cc43)OCc3cc(-c4cnc([C@@H]6C[C@H](C)CN6C(=O)[C@@H](NC(=O)OC)C(C)OC)[nH]4)ccc3-5)[nH]2)N(C(=O)[C@@H](NC(=O)O)[C@@H](C)OC)C1. The quantitative estimate of drug-likeness (QED) is 0.0985. The number of nitrogens with zero attached hydrogens (tertiary/aromatic N) is 4. The summed E-state index contributed by atoms with van der Waals surface area (Å²) < 4.78 is 27.5. The Morgan fingerprint density at radius 2 is 1.59 bits per heavy atom. The third-order valence-electron chi connectivity index (χ3n) is 12.7. The van der Waals surface area contributed by atoms with E-state index in [4.69, 9.17) is 33.7 Å². The lowest BCUT2D eigenvalue weighted by atomic mass is 9.92. The Hall–Kier alpha value is -6.24. The van der Waals surface area contributed by atoms with Gasteiger partial charge in [-0.1, -0.05) is 25.1 Å². The predicted octanol–water partition coefficient (Wildman–Crippen LogP) is 5.54. The van der Waals surface area contributed by atoms with Crippen molar-refractivity contribution in [1.29, 1.82) is 0 Å². The Bertz CT molecular complexity index is 2540. The van der Waals surface area contributed by atoms with Crippen molar-refractivity contribution in [2.75, 3.05) is 48.1 Å². The smallest absolute Gasteiger partial charge is 0.407 e. The number of H-pyrrole nitrogens is 2. The summed E-state index contributed by atoms with van der Waals surface area (Å²) in [5.74, 6) is 1.55. The number of hydrogen-bond acceptors (Lipinski definition) is 11. The van der Waals surface area contributed by atoms with Crippen LogP contribution in [-0.4, -0.2) is 131 Å². The number of carboxylic acid groups (broad SMARTS) is 1. The van der Waals surface area contributed by atoms with Crippen LogP contribution < -0.4 is 15.4 Å². The molecule has 0 radical (unpaired) electrons. The summed E-state index contributed by atoms with van der Waals surface area (Å²) in [4.78, 5) is 71.9. The predicted molar refractivity (Wildman–Crippen MR) is 231 cm³/mol. The fourth-order valence-electron chi connectivity index (χ4n) is 9.32. The maximum Gasteiger partial charge on any atom is 0.407 e. The van der Waals surface area contributed by atoms with Crippen molar-refractivity contribution in [3.63, 3.8) is 0 Å². The van der Waals surface area contributed by atoms with E-state index in [-0.39, 0.29) is 23.8 Å². The fraction of sp³-hybridized carbons (Fsp3) is 0.467. The van der Waals surface area contributed by atoms with Crippen LogP contribution in [0.3, 0.4) is 0 Å². The molecule has 2 aromatic heterocycles. The van der Waals surface area contributed by atoms with Gasteiger partial charge in [0.05, 0.1) is 60.9 Å². The van der Waals surface area contributed by atoms with E-state index >= 15 is 0 Å². The van der Waals surface area contributed by atoms with E-state index < -0.39 is 48.4 Å². The maximum absolute atomic E-state index is 14.0. The van der Waals surface area contributed by atoms with E-state index in [1.165, 1.54) is 21.3 Å². The molecule has 18 nitrogen and oxygen atoms in total. The number of carbonyl (C=O) groups is 4. The highest BCUT2D eigenvalue weighted by atomic mass is 16.5. The minimum atomic E-state index is -1.31. The van der Waals surface area contributed by atoms with Crippen molar-refractivity contribution < 1.29 is 48.0 Å². The Labute approximate surface area is 364 Å². The van der Waals surface area contributed by atoms with Gasteiger partial charge in [-0.2, -0.15) is 0 Å². The van der Waals surface area contributed by atoms with Crippen LogP contribution in [0, 0.1) is 11.8 Å². The molecule has 8 rings (SSSR count). The highest BCUT2D eigenvalue weighted by molar-refractivity contribution is 6.07. The topological polar surface area (TPSA) is 223 Å². The molecule has 2 fully saturated rings. The van der Waals surface area contributed by atoms with Crippen LogP contribution in [-0.2, 0) is 35.1 Å². The molecule has 3 aliphatic rings. The fourth-order valence-corrected chi connectivity index (χ4v) is 9.32. The molecule has 18 heteroatoms. The molecule has 0 bridgehead atoms. The molecule has 5 N–H and O–H groups in total. The van der Waals surface area contributed by atoms with Gasteiger partial charge >= 0.3 is 12.2 Å². The second-order valence-corrected chi connectivity index (χ2v) is 16.8. The maximum atomic E-state index is 14.0. The minimum absolute atomic E-state index is 0.0206. The van der Waals surface area contributed by atoms with Crippen molar-refractivity contribution in [3.05, 3.63) is 65.9 Å². The Kier molecular flexibility index (Phi) is 12.3. The summed E-state index contributed by atoms with van der Waals surface area (Å²) in [6, 6.07) is 11.6. The number of ether oxygens (including phenoxy) is 5. The monoisotopic (exact) mass is 866 g/mol. The number of methoxy groups -OCH3 is 4. The number of alkyl carbamates (subject to hydrolysis) is 1. The van der Waals surface area contributed by atoms with Gasteiger partial charge in [-0.25, -0.2) is 19.6 Å². The van der Waals surface area contributed by atoms with Gasteiger partial charge < -0.3 is 59.2 Å². The van der Waals surface area contributed by atoms with Crippen LogP contribution in [0.2, 0.25) is 0 Å². The van der Waals surface area contributed by atoms with E-state index in [2.05, 4.69) is 45.7 Å². The number of carbonyl (C=O) groups excluding carboxylic acids is 3. The number of hydrogen-bond donors (Lipinski definition) is 5. The number of rotatable bonds is 13. The third kappa shape index (κ3) is 8.37. The zero-order valence-corrected chi connectivity index (χ0v) is 36.4. The largest absolute Gasteiger partial charge is 0.488 e. The summed E-state index contributed by atoms with van der Waals surface area (Å²) in [6.45, 7) is 7.13. The Morgan fingerprint density at radius 3 is 2.29 bits per heavy atom. The number of aromatic nitrogens is 4. The van der Waals surface area contributed by atoms with Crippen molar-refractivity contribution in [2.45, 2.75) is 76.6 Å². The van der Waals surface area contributed by atoms with Crippen LogP contribution >= 0.6 is 0 Å². The Morgan fingerprint density at radius 1 is 0.873 bits per heavy atom. The first-order valence-electron chi connectivity index (χ1n) is 21.1. The molecular weight excluding hydrogens is 813 g/mol. The molecule has 5 heterocycles. The Balaban J connectivity index is 1.05. The van der Waals surface area contributed by atoms with E-state index in [9.17, 15) is 24.3 Å². The molecule has 4 amide bonds. The van der Waals surface area contributed by atoms with Crippen LogP contribution in [0.4, 0.5) is 9.59 Å². The number of benzene rings is 3. The van der Waals surface area contributed by atoms with Crippen LogP contribution in [0.15, 0.2) is 48.7 Å². The van der Waals surface area contributed by atoms with Gasteiger partial charge in [0.1, 0.15) is 36.1 Å². The van der Waals surface area contributed by atoms with Gasteiger partial charge in [0.2, 0.25) is 11.8 Å². The summed E-state index contributed by atoms with van der Waals surface area (Å²) in [6.07, 6.45) is -0.238. The van der Waals surface area contributed by atoms with Crippen molar-refractivity contribution in [3.8, 4) is 28.1 Å². The van der Waals surface area contributed by atoms with Crippen LogP contribution in [0.5, 0.6) is 5.75 Å². The normalized spacial score (nSPS) is 21.3. The molecule has 2 saturated heterocycles. The number of likely N-dealkylation sites (tertiary alicyclic amines) is 2. The van der Waals surface area contributed by atoms with Crippen LogP contribution in [0.25, 0.3) is 44.2 Å². The van der Waals surface area contributed by atoms with Gasteiger partial charge in [-0.3, -0.25) is 9.59 Å². The van der Waals surface area contributed by atoms with Crippen LogP contribution in [0.1, 0.15) is 62.9 Å². The number of fused-ring (bicyclic) bond motifs is 6. The molecule has 5 aromatic rings. The van der Waals surface area contributed by atoms with E-state index in [1.807, 2.05) is 24.3 Å². The molecule has 0 saturated carbocycles. The zero-order valence-electron chi connectivity index (χ0n) is 36.4. The third-order valence-corrected chi connectivity index (χ3v) is 12.7. The first-order chi connectivity index (χ1) is 30.3. The molecule has 0 spiro atoms. The zero-order chi connectivity index (χ0) is 44.7. The molecule has 3 aromatic carbocycles. The van der Waals surface area contributed by atoms with Gasteiger partial charge in [0, 0.05) is 51.3 Å². The van der Waals surface area contributed by atoms with Gasteiger partial charge in [0.15, 0.2) is 0 Å². The number of aromatic amines is 2. The van der Waals surface area contributed by atoms with Gasteiger partial charge in [0.25, 0.3) is 0 Å². The molecule has 334 valence electrons. The average Bonchev–Trinajstić information content (AvgIpc) is 4.11. The number of nitrogens with one attached hydrogen (secondary N) is 4. The highest BCUT2D eigenvalue weighted by Gasteiger charge is 2.43. The molecule has 63 heavy (non-hydrogen) atoms. The molecule has 8 atom stereocenters. The summed E-state index contributed by atoms with van der Waals surface area (Å²) >= 11 is 0. The molecular formula is C45H54N8O10.